The van der Waals surface area contributed by atoms with Gasteiger partial charge in [0.05, 0.1) is 15.6 Å². The Morgan fingerprint density at radius 1 is 1.03 bits per heavy atom. The molecule has 29 heavy (non-hydrogen) atoms. The Hall–Kier alpha value is -2.42. The highest BCUT2D eigenvalue weighted by atomic mass is 79.9. The standard InChI is InChI=1S/C20H15BrClFN2O3S/c21-14-6-9-16(10-7-14)25(29(27,28)17-4-2-1-3-5-17)13-20(26)24-15-8-11-19(23)18(22)12-15/h1-12H,13H2,(H,24,26). The number of nitrogens with zero attached hydrogens (tertiary/aromatic N) is 1. The van der Waals surface area contributed by atoms with E-state index in [-0.39, 0.29) is 15.6 Å². The van der Waals surface area contributed by atoms with Gasteiger partial charge < -0.3 is 5.32 Å². The molecule has 3 aromatic carbocycles. The van der Waals surface area contributed by atoms with Crippen LogP contribution in [0.3, 0.4) is 0 Å². The van der Waals surface area contributed by atoms with Crippen LogP contribution in [0.5, 0.6) is 0 Å². The lowest BCUT2D eigenvalue weighted by atomic mass is 10.3. The Morgan fingerprint density at radius 2 is 1.69 bits per heavy atom. The van der Waals surface area contributed by atoms with E-state index >= 15 is 0 Å². The third-order valence-electron chi connectivity index (χ3n) is 3.94. The van der Waals surface area contributed by atoms with Gasteiger partial charge in [-0.15, -0.1) is 0 Å². The number of anilines is 2. The van der Waals surface area contributed by atoms with Gasteiger partial charge in [-0.3, -0.25) is 9.10 Å². The van der Waals surface area contributed by atoms with Gasteiger partial charge in [-0.05, 0) is 54.6 Å². The fourth-order valence-corrected chi connectivity index (χ4v) is 4.43. The van der Waals surface area contributed by atoms with E-state index < -0.39 is 28.3 Å². The number of nitrogens with one attached hydrogen (secondary N) is 1. The van der Waals surface area contributed by atoms with Crippen molar-refractivity contribution in [1.82, 2.24) is 0 Å². The average Bonchev–Trinajstić information content (AvgIpc) is 2.70. The smallest absolute Gasteiger partial charge is 0.264 e. The number of halogens is 3. The second kappa shape index (κ2) is 8.94. The van der Waals surface area contributed by atoms with Gasteiger partial charge in [-0.2, -0.15) is 0 Å². The lowest BCUT2D eigenvalue weighted by Gasteiger charge is -2.24. The van der Waals surface area contributed by atoms with E-state index in [4.69, 9.17) is 11.6 Å². The Kier molecular flexibility index (Phi) is 6.56. The summed E-state index contributed by atoms with van der Waals surface area (Å²) in [5, 5.41) is 2.39. The molecule has 0 atom stereocenters. The molecule has 1 N–H and O–H groups in total. The first-order chi connectivity index (χ1) is 13.8. The lowest BCUT2D eigenvalue weighted by Crippen LogP contribution is -2.38. The van der Waals surface area contributed by atoms with Crippen LogP contribution in [0.15, 0.2) is 82.2 Å². The minimum Gasteiger partial charge on any atom is -0.324 e. The van der Waals surface area contributed by atoms with Gasteiger partial charge in [0.15, 0.2) is 0 Å². The fraction of sp³-hybridized carbons (Fsp3) is 0.0500. The summed E-state index contributed by atoms with van der Waals surface area (Å²) in [6, 6.07) is 18.1. The second-order valence-electron chi connectivity index (χ2n) is 5.98. The molecule has 0 aliphatic heterocycles. The molecule has 3 aromatic rings. The summed E-state index contributed by atoms with van der Waals surface area (Å²) < 4.78 is 41.4. The van der Waals surface area contributed by atoms with Crippen molar-refractivity contribution in [2.75, 3.05) is 16.2 Å². The normalized spacial score (nSPS) is 11.1. The van der Waals surface area contributed by atoms with Crippen LogP contribution in [-0.2, 0) is 14.8 Å². The molecule has 1 amide bonds. The van der Waals surface area contributed by atoms with E-state index in [0.717, 1.165) is 14.8 Å². The summed E-state index contributed by atoms with van der Waals surface area (Å²) in [5.41, 5.74) is 0.582. The van der Waals surface area contributed by atoms with Crippen molar-refractivity contribution in [3.8, 4) is 0 Å². The van der Waals surface area contributed by atoms with Gasteiger partial charge in [0.25, 0.3) is 10.0 Å². The van der Waals surface area contributed by atoms with Crippen LogP contribution in [0, 0.1) is 5.82 Å². The molecule has 0 aliphatic rings. The van der Waals surface area contributed by atoms with E-state index in [1.807, 2.05) is 0 Å². The number of carbonyl (C=O) groups excluding carboxylic acids is 1. The van der Waals surface area contributed by atoms with Crippen molar-refractivity contribution in [1.29, 1.82) is 0 Å². The van der Waals surface area contributed by atoms with Crippen molar-refractivity contribution < 1.29 is 17.6 Å². The molecular weight excluding hydrogens is 483 g/mol. The highest BCUT2D eigenvalue weighted by molar-refractivity contribution is 9.10. The predicted molar refractivity (Wildman–Crippen MR) is 115 cm³/mol. The molecule has 0 saturated carbocycles. The molecule has 0 aliphatic carbocycles. The van der Waals surface area contributed by atoms with Gasteiger partial charge in [0, 0.05) is 10.2 Å². The van der Waals surface area contributed by atoms with Gasteiger partial charge in [0.1, 0.15) is 12.4 Å². The van der Waals surface area contributed by atoms with Crippen molar-refractivity contribution in [2.45, 2.75) is 4.90 Å². The van der Waals surface area contributed by atoms with Crippen LogP contribution in [0.2, 0.25) is 5.02 Å². The monoisotopic (exact) mass is 496 g/mol. The summed E-state index contributed by atoms with van der Waals surface area (Å²) in [7, 11) is -4.00. The van der Waals surface area contributed by atoms with Crippen LogP contribution in [0.25, 0.3) is 0 Å². The Morgan fingerprint density at radius 3 is 2.31 bits per heavy atom. The van der Waals surface area contributed by atoms with E-state index in [1.165, 1.54) is 24.3 Å². The number of sulfonamides is 1. The zero-order chi connectivity index (χ0) is 21.0. The highest BCUT2D eigenvalue weighted by Gasteiger charge is 2.27. The molecule has 0 fully saturated rings. The third kappa shape index (κ3) is 5.14. The summed E-state index contributed by atoms with van der Waals surface area (Å²) >= 11 is 9.04. The number of rotatable bonds is 6. The van der Waals surface area contributed by atoms with E-state index in [0.29, 0.717) is 5.69 Å². The largest absolute Gasteiger partial charge is 0.324 e. The lowest BCUT2D eigenvalue weighted by molar-refractivity contribution is -0.114. The maximum absolute atomic E-state index is 13.3. The quantitative estimate of drug-likeness (QED) is 0.517. The number of benzene rings is 3. The van der Waals surface area contributed by atoms with Gasteiger partial charge in [0.2, 0.25) is 5.91 Å². The second-order valence-corrected chi connectivity index (χ2v) is 9.16. The summed E-state index contributed by atoms with van der Waals surface area (Å²) in [4.78, 5) is 12.6. The third-order valence-corrected chi connectivity index (χ3v) is 6.54. The fourth-order valence-electron chi connectivity index (χ4n) is 2.55. The van der Waals surface area contributed by atoms with Gasteiger partial charge >= 0.3 is 0 Å². The maximum Gasteiger partial charge on any atom is 0.264 e. The summed E-state index contributed by atoms with van der Waals surface area (Å²) in [6.07, 6.45) is 0. The van der Waals surface area contributed by atoms with Crippen molar-refractivity contribution >= 4 is 54.8 Å². The first-order valence-electron chi connectivity index (χ1n) is 8.35. The first-order valence-corrected chi connectivity index (χ1v) is 11.0. The van der Waals surface area contributed by atoms with Crippen LogP contribution < -0.4 is 9.62 Å². The minimum absolute atomic E-state index is 0.0561. The molecule has 0 radical (unpaired) electrons. The molecular formula is C20H15BrClFN2O3S. The molecule has 150 valence electrons. The highest BCUT2D eigenvalue weighted by Crippen LogP contribution is 2.26. The maximum atomic E-state index is 13.3. The van der Waals surface area contributed by atoms with E-state index in [9.17, 15) is 17.6 Å². The van der Waals surface area contributed by atoms with Gasteiger partial charge in [-0.25, -0.2) is 12.8 Å². The topological polar surface area (TPSA) is 66.5 Å². The minimum atomic E-state index is -4.00. The summed E-state index contributed by atoms with van der Waals surface area (Å²) in [5.74, 6) is -1.22. The molecule has 0 heterocycles. The van der Waals surface area contributed by atoms with Crippen LogP contribution in [0.4, 0.5) is 15.8 Å². The van der Waals surface area contributed by atoms with Gasteiger partial charge in [-0.1, -0.05) is 45.7 Å². The molecule has 3 rings (SSSR count). The summed E-state index contributed by atoms with van der Waals surface area (Å²) in [6.45, 7) is -0.478. The SMILES string of the molecule is O=C(CN(c1ccc(Br)cc1)S(=O)(=O)c1ccccc1)Nc1ccc(F)c(Cl)c1. The van der Waals surface area contributed by atoms with Crippen LogP contribution >= 0.6 is 27.5 Å². The molecule has 5 nitrogen and oxygen atoms in total. The number of amides is 1. The molecule has 0 unspecified atom stereocenters. The van der Waals surface area contributed by atoms with Crippen LogP contribution in [0.1, 0.15) is 0 Å². The zero-order valence-electron chi connectivity index (χ0n) is 14.8. The van der Waals surface area contributed by atoms with Crippen molar-refractivity contribution in [3.63, 3.8) is 0 Å². The number of hydrogen-bond donors (Lipinski definition) is 1. The molecule has 0 spiro atoms. The predicted octanol–water partition coefficient (Wildman–Crippen LogP) is 5.08. The Bertz CT molecular complexity index is 1130. The van der Waals surface area contributed by atoms with Crippen LogP contribution in [-0.4, -0.2) is 20.9 Å². The molecule has 0 bridgehead atoms. The first kappa shape index (κ1) is 21.3. The van der Waals surface area contributed by atoms with Crippen molar-refractivity contribution in [2.24, 2.45) is 0 Å². The molecule has 9 heteroatoms. The van der Waals surface area contributed by atoms with E-state index in [2.05, 4.69) is 21.2 Å². The number of hydrogen-bond acceptors (Lipinski definition) is 3. The Labute approximate surface area is 181 Å². The van der Waals surface area contributed by atoms with E-state index in [1.54, 1.807) is 42.5 Å². The Balaban J connectivity index is 1.92. The molecule has 0 saturated heterocycles. The average molecular weight is 498 g/mol. The van der Waals surface area contributed by atoms with Crippen molar-refractivity contribution in [3.05, 3.63) is 88.1 Å². The number of carbonyl (C=O) groups is 1. The molecule has 0 aromatic heterocycles. The zero-order valence-corrected chi connectivity index (χ0v) is 18.0.